The van der Waals surface area contributed by atoms with Gasteiger partial charge in [-0.15, -0.1) is 0 Å². The monoisotopic (exact) mass is 492 g/mol. The van der Waals surface area contributed by atoms with Crippen LogP contribution in [0.5, 0.6) is 11.5 Å². The molecule has 7 heteroatoms. The number of carbonyl (C=O) groups excluding carboxylic acids is 1. The van der Waals surface area contributed by atoms with E-state index in [1.54, 1.807) is 13.2 Å². The fourth-order valence-corrected chi connectivity index (χ4v) is 3.74. The van der Waals surface area contributed by atoms with Gasteiger partial charge < -0.3 is 9.47 Å². The Morgan fingerprint density at radius 1 is 1.19 bits per heavy atom. The molecule has 0 spiro atoms. The summed E-state index contributed by atoms with van der Waals surface area (Å²) in [5.41, 5.74) is 2.70. The maximum atomic E-state index is 12.9. The number of anilines is 1. The summed E-state index contributed by atoms with van der Waals surface area (Å²) in [7, 11) is 1.59. The van der Waals surface area contributed by atoms with Gasteiger partial charge in [0.1, 0.15) is 0 Å². The van der Waals surface area contributed by atoms with Crippen molar-refractivity contribution in [3.05, 3.63) is 56.5 Å². The largest absolute Gasteiger partial charge is 0.492 e. The number of benzene rings is 2. The van der Waals surface area contributed by atoms with Crippen LogP contribution in [0.3, 0.4) is 0 Å². The summed E-state index contributed by atoms with van der Waals surface area (Å²) < 4.78 is 12.6. The van der Waals surface area contributed by atoms with E-state index in [4.69, 9.17) is 9.47 Å². The molecule has 27 heavy (non-hydrogen) atoms. The predicted octanol–water partition coefficient (Wildman–Crippen LogP) is 5.43. The summed E-state index contributed by atoms with van der Waals surface area (Å²) in [6, 6.07) is 11.2. The molecular weight excluding hydrogens is 476 g/mol. The molecule has 0 saturated heterocycles. The highest BCUT2D eigenvalue weighted by atomic mass is 79.9. The van der Waals surface area contributed by atoms with E-state index in [9.17, 15) is 4.79 Å². The van der Waals surface area contributed by atoms with Gasteiger partial charge in [0.15, 0.2) is 11.5 Å². The molecule has 1 aliphatic heterocycles. The van der Waals surface area contributed by atoms with Crippen molar-refractivity contribution in [3.63, 3.8) is 0 Å². The first-order chi connectivity index (χ1) is 13.0. The van der Waals surface area contributed by atoms with E-state index < -0.39 is 0 Å². The van der Waals surface area contributed by atoms with E-state index in [2.05, 4.69) is 37.0 Å². The number of hydrogen-bond acceptors (Lipinski definition) is 4. The Kier molecular flexibility index (Phi) is 6.01. The van der Waals surface area contributed by atoms with Gasteiger partial charge >= 0.3 is 0 Å². The molecule has 0 aromatic heterocycles. The minimum absolute atomic E-state index is 0.171. The normalized spacial score (nSPS) is 15.3. The van der Waals surface area contributed by atoms with Gasteiger partial charge in [-0.25, -0.2) is 0 Å². The summed E-state index contributed by atoms with van der Waals surface area (Å²) in [5.74, 6) is 1.03. The van der Waals surface area contributed by atoms with Gasteiger partial charge in [-0.1, -0.05) is 18.2 Å². The number of para-hydroxylation sites is 1. The average Bonchev–Trinajstić information content (AvgIpc) is 2.95. The molecule has 0 saturated carbocycles. The Bertz CT molecular complexity index is 940. The number of hydrazone groups is 1. The summed E-state index contributed by atoms with van der Waals surface area (Å²) in [4.78, 5) is 12.9. The number of halogens is 2. The molecule has 5 nitrogen and oxygen atoms in total. The van der Waals surface area contributed by atoms with Crippen LogP contribution in [0.25, 0.3) is 6.08 Å². The van der Waals surface area contributed by atoms with Crippen molar-refractivity contribution in [3.8, 4) is 11.5 Å². The lowest BCUT2D eigenvalue weighted by Gasteiger charge is -2.15. The quantitative estimate of drug-likeness (QED) is 0.522. The Morgan fingerprint density at radius 3 is 2.52 bits per heavy atom. The molecule has 0 radical (unpaired) electrons. The van der Waals surface area contributed by atoms with Crippen LogP contribution in [0, 0.1) is 0 Å². The number of amides is 1. The molecule has 0 aliphatic carbocycles. The van der Waals surface area contributed by atoms with Crippen molar-refractivity contribution in [1.82, 2.24) is 0 Å². The fraction of sp³-hybridized carbons (Fsp3) is 0.200. The Hall–Kier alpha value is -2.12. The van der Waals surface area contributed by atoms with E-state index in [0.717, 1.165) is 20.2 Å². The molecule has 0 unspecified atom stereocenters. The lowest BCUT2D eigenvalue weighted by molar-refractivity contribution is -0.114. The Labute approximate surface area is 174 Å². The van der Waals surface area contributed by atoms with Crippen LogP contribution < -0.4 is 14.5 Å². The van der Waals surface area contributed by atoms with Crippen molar-refractivity contribution >= 4 is 55.2 Å². The average molecular weight is 494 g/mol. The number of methoxy groups -OCH3 is 1. The third-order valence-corrected chi connectivity index (χ3v) is 6.17. The maximum absolute atomic E-state index is 12.9. The number of ether oxygens (including phenoxy) is 2. The first-order valence-electron chi connectivity index (χ1n) is 8.33. The van der Waals surface area contributed by atoms with Crippen molar-refractivity contribution in [2.75, 3.05) is 18.7 Å². The highest BCUT2D eigenvalue weighted by Gasteiger charge is 2.29. The van der Waals surface area contributed by atoms with E-state index in [0.29, 0.717) is 29.4 Å². The van der Waals surface area contributed by atoms with Crippen molar-refractivity contribution in [2.24, 2.45) is 5.10 Å². The van der Waals surface area contributed by atoms with Gasteiger partial charge in [0.25, 0.3) is 5.91 Å². The summed E-state index contributed by atoms with van der Waals surface area (Å²) >= 11 is 7.11. The summed E-state index contributed by atoms with van der Waals surface area (Å²) in [6.07, 6.45) is 1.81. The minimum Gasteiger partial charge on any atom is -0.492 e. The number of rotatable bonds is 5. The molecular formula is C20H18Br2N2O3. The van der Waals surface area contributed by atoms with Crippen LogP contribution in [-0.2, 0) is 4.79 Å². The zero-order chi connectivity index (χ0) is 19.6. The molecule has 1 aliphatic rings. The fourth-order valence-electron chi connectivity index (χ4n) is 2.75. The second-order valence-corrected chi connectivity index (χ2v) is 7.34. The molecule has 3 rings (SSSR count). The Morgan fingerprint density at radius 2 is 1.89 bits per heavy atom. The Balaban J connectivity index is 2.04. The van der Waals surface area contributed by atoms with Crippen LogP contribution in [0.4, 0.5) is 5.69 Å². The third kappa shape index (κ3) is 3.80. The predicted molar refractivity (Wildman–Crippen MR) is 115 cm³/mol. The highest BCUT2D eigenvalue weighted by molar-refractivity contribution is 9.13. The smallest absolute Gasteiger partial charge is 0.280 e. The van der Waals surface area contributed by atoms with Gasteiger partial charge in [-0.3, -0.25) is 4.79 Å². The van der Waals surface area contributed by atoms with Crippen molar-refractivity contribution < 1.29 is 14.3 Å². The van der Waals surface area contributed by atoms with E-state index in [-0.39, 0.29) is 5.91 Å². The van der Waals surface area contributed by atoms with Gasteiger partial charge in [-0.05, 0) is 75.5 Å². The third-order valence-electron chi connectivity index (χ3n) is 4.02. The van der Waals surface area contributed by atoms with Crippen LogP contribution in [0.1, 0.15) is 19.4 Å². The lowest BCUT2D eigenvalue weighted by atomic mass is 10.1. The van der Waals surface area contributed by atoms with Crippen molar-refractivity contribution in [1.29, 1.82) is 0 Å². The number of hydrogen-bond donors (Lipinski definition) is 0. The zero-order valence-electron chi connectivity index (χ0n) is 15.1. The molecule has 2 aromatic carbocycles. The highest BCUT2D eigenvalue weighted by Crippen LogP contribution is 2.43. The molecule has 0 bridgehead atoms. The van der Waals surface area contributed by atoms with Crippen LogP contribution in [0.2, 0.25) is 0 Å². The van der Waals surface area contributed by atoms with E-state index in [1.807, 2.05) is 50.2 Å². The topological polar surface area (TPSA) is 51.1 Å². The molecule has 0 N–H and O–H groups in total. The molecule has 2 aromatic rings. The van der Waals surface area contributed by atoms with Gasteiger partial charge in [-0.2, -0.15) is 10.1 Å². The van der Waals surface area contributed by atoms with Gasteiger partial charge in [0.05, 0.1) is 35.2 Å². The first-order valence-corrected chi connectivity index (χ1v) is 9.92. The molecule has 140 valence electrons. The van der Waals surface area contributed by atoms with Crippen LogP contribution in [0.15, 0.2) is 56.0 Å². The SMILES string of the molecule is CCOc1cc(/C=C2\C(=O)N(c3ccccc3)N=C2C)c(Br)c(Br)c1OC. The van der Waals surface area contributed by atoms with Crippen LogP contribution >= 0.6 is 31.9 Å². The molecule has 1 amide bonds. The lowest BCUT2D eigenvalue weighted by Crippen LogP contribution is -2.21. The van der Waals surface area contributed by atoms with Crippen molar-refractivity contribution in [2.45, 2.75) is 13.8 Å². The molecule has 0 fully saturated rings. The maximum Gasteiger partial charge on any atom is 0.280 e. The zero-order valence-corrected chi connectivity index (χ0v) is 18.3. The summed E-state index contributed by atoms with van der Waals surface area (Å²) in [5, 5.41) is 5.82. The number of carbonyl (C=O) groups is 1. The van der Waals surface area contributed by atoms with Gasteiger partial charge in [0, 0.05) is 4.47 Å². The van der Waals surface area contributed by atoms with E-state index in [1.165, 1.54) is 5.01 Å². The molecule has 1 heterocycles. The first kappa shape index (κ1) is 19.6. The van der Waals surface area contributed by atoms with E-state index >= 15 is 0 Å². The van der Waals surface area contributed by atoms with Crippen LogP contribution in [-0.4, -0.2) is 25.3 Å². The molecule has 0 atom stereocenters. The second kappa shape index (κ2) is 8.27. The summed E-state index contributed by atoms with van der Waals surface area (Å²) in [6.45, 7) is 4.23. The standard InChI is InChI=1S/C20H18Br2N2O3/c1-4-27-16-11-13(17(21)18(22)19(16)26-3)10-15-12(2)23-24(20(15)25)14-8-6-5-7-9-14/h5-11H,4H2,1-3H3/b15-10-. The number of nitrogens with zero attached hydrogens (tertiary/aromatic N) is 2. The minimum atomic E-state index is -0.171. The second-order valence-electron chi connectivity index (χ2n) is 5.75. The van der Waals surface area contributed by atoms with Gasteiger partial charge in [0.2, 0.25) is 0 Å².